The minimum Gasteiger partial charge on any atom is -0.395 e. The number of hydrogen-bond donors (Lipinski definition) is 2. The maximum Gasteiger partial charge on any atom is 0.247 e. The first-order valence-electron chi connectivity index (χ1n) is 5.96. The van der Waals surface area contributed by atoms with Gasteiger partial charge in [0.15, 0.2) is 0 Å². The van der Waals surface area contributed by atoms with Crippen LogP contribution < -0.4 is 5.32 Å². The quantitative estimate of drug-likeness (QED) is 0.801. The zero-order valence-corrected chi connectivity index (χ0v) is 12.9. The molecule has 0 saturated heterocycles. The lowest BCUT2D eigenvalue weighted by molar-refractivity contribution is 0.250. The fraction of sp³-hybridized carbons (Fsp3) is 0.545. The van der Waals surface area contributed by atoms with Crippen molar-refractivity contribution < 1.29 is 13.5 Å². The van der Waals surface area contributed by atoms with E-state index in [9.17, 15) is 8.42 Å². The Morgan fingerprint density at radius 2 is 2.26 bits per heavy atom. The molecule has 1 saturated carbocycles. The highest BCUT2D eigenvalue weighted by atomic mass is 79.9. The van der Waals surface area contributed by atoms with Gasteiger partial charge in [-0.15, -0.1) is 0 Å². The molecule has 0 atom stereocenters. The van der Waals surface area contributed by atoms with Crippen molar-refractivity contribution in [1.82, 2.24) is 9.29 Å². The zero-order valence-electron chi connectivity index (χ0n) is 10.5. The van der Waals surface area contributed by atoms with Gasteiger partial charge < -0.3 is 10.4 Å². The molecule has 6 nitrogen and oxygen atoms in total. The normalized spacial score (nSPS) is 15.8. The van der Waals surface area contributed by atoms with Crippen molar-refractivity contribution in [2.75, 3.05) is 25.5 Å². The second-order valence-electron chi connectivity index (χ2n) is 4.32. The van der Waals surface area contributed by atoms with Gasteiger partial charge in [-0.3, -0.25) is 0 Å². The minimum absolute atomic E-state index is 0.000776. The summed E-state index contributed by atoms with van der Waals surface area (Å²) in [6.45, 7) is -0.0747. The van der Waals surface area contributed by atoms with Crippen LogP contribution in [0.2, 0.25) is 0 Å². The van der Waals surface area contributed by atoms with Gasteiger partial charge in [-0.1, -0.05) is 0 Å². The van der Waals surface area contributed by atoms with E-state index in [1.54, 1.807) is 13.2 Å². The van der Waals surface area contributed by atoms with Gasteiger partial charge in [0.05, 0.1) is 6.61 Å². The lowest BCUT2D eigenvalue weighted by Crippen LogP contribution is -2.36. The molecule has 0 bridgehead atoms. The van der Waals surface area contributed by atoms with Crippen LogP contribution in [0.15, 0.2) is 21.6 Å². The fourth-order valence-corrected chi connectivity index (χ4v) is 4.23. The van der Waals surface area contributed by atoms with Crippen molar-refractivity contribution in [3.63, 3.8) is 0 Å². The van der Waals surface area contributed by atoms with E-state index >= 15 is 0 Å². The molecular weight excluding hydrogens is 334 g/mol. The molecule has 19 heavy (non-hydrogen) atoms. The number of aliphatic hydroxyl groups excluding tert-OH is 1. The van der Waals surface area contributed by atoms with Crippen molar-refractivity contribution >= 4 is 31.8 Å². The van der Waals surface area contributed by atoms with E-state index in [0.717, 1.165) is 12.8 Å². The predicted octanol–water partition coefficient (Wildman–Crippen LogP) is 1.03. The molecule has 1 aromatic rings. The molecule has 0 spiro atoms. The molecule has 1 aromatic heterocycles. The van der Waals surface area contributed by atoms with Crippen molar-refractivity contribution in [3.05, 3.63) is 16.7 Å². The SMILES string of the molecule is CNc1ncc(Br)cc1S(=O)(=O)N(CCO)C1CC1. The smallest absolute Gasteiger partial charge is 0.247 e. The van der Waals surface area contributed by atoms with Crippen molar-refractivity contribution in [2.24, 2.45) is 0 Å². The summed E-state index contributed by atoms with van der Waals surface area (Å²) in [5.41, 5.74) is 0. The minimum atomic E-state index is -3.65. The molecule has 1 fully saturated rings. The molecular formula is C11H16BrN3O3S. The Bertz CT molecular complexity index is 560. The van der Waals surface area contributed by atoms with E-state index in [1.807, 2.05) is 0 Å². The molecule has 8 heteroatoms. The Balaban J connectivity index is 2.45. The lowest BCUT2D eigenvalue weighted by Gasteiger charge is -2.22. The number of sulfonamides is 1. The van der Waals surface area contributed by atoms with Crippen LogP contribution in [0.1, 0.15) is 12.8 Å². The average molecular weight is 350 g/mol. The number of nitrogens with zero attached hydrogens (tertiary/aromatic N) is 2. The number of rotatable bonds is 6. The number of aliphatic hydroxyl groups is 1. The Morgan fingerprint density at radius 1 is 1.58 bits per heavy atom. The lowest BCUT2D eigenvalue weighted by atomic mass is 10.4. The highest BCUT2D eigenvalue weighted by molar-refractivity contribution is 9.10. The first kappa shape index (κ1) is 14.7. The van der Waals surface area contributed by atoms with E-state index in [2.05, 4.69) is 26.2 Å². The van der Waals surface area contributed by atoms with Crippen molar-refractivity contribution in [2.45, 2.75) is 23.8 Å². The summed E-state index contributed by atoms with van der Waals surface area (Å²) in [6, 6.07) is 1.53. The summed E-state index contributed by atoms with van der Waals surface area (Å²) in [5.74, 6) is 0.312. The molecule has 0 radical (unpaired) electrons. The number of nitrogens with one attached hydrogen (secondary N) is 1. The van der Waals surface area contributed by atoms with E-state index in [-0.39, 0.29) is 24.1 Å². The van der Waals surface area contributed by atoms with Crippen LogP contribution in [0, 0.1) is 0 Å². The number of aromatic nitrogens is 1. The maximum absolute atomic E-state index is 12.6. The van der Waals surface area contributed by atoms with Crippen molar-refractivity contribution in [3.8, 4) is 0 Å². The average Bonchev–Trinajstić information content (AvgIpc) is 3.20. The van der Waals surface area contributed by atoms with Crippen LogP contribution in [0.4, 0.5) is 5.82 Å². The van der Waals surface area contributed by atoms with Gasteiger partial charge in [0, 0.05) is 30.3 Å². The first-order chi connectivity index (χ1) is 9.00. The first-order valence-corrected chi connectivity index (χ1v) is 8.20. The van der Waals surface area contributed by atoms with Gasteiger partial charge in [-0.05, 0) is 34.8 Å². The van der Waals surface area contributed by atoms with Crippen LogP contribution in [0.25, 0.3) is 0 Å². The van der Waals surface area contributed by atoms with Gasteiger partial charge >= 0.3 is 0 Å². The third-order valence-electron chi connectivity index (χ3n) is 2.92. The molecule has 1 aliphatic carbocycles. The molecule has 106 valence electrons. The number of halogens is 1. The fourth-order valence-electron chi connectivity index (χ4n) is 1.89. The van der Waals surface area contributed by atoms with Gasteiger partial charge in [-0.2, -0.15) is 4.31 Å². The Hall–Kier alpha value is -0.700. The molecule has 0 aliphatic heterocycles. The van der Waals surface area contributed by atoms with Gasteiger partial charge in [0.25, 0.3) is 0 Å². The monoisotopic (exact) mass is 349 g/mol. The third kappa shape index (κ3) is 3.07. The van der Waals surface area contributed by atoms with E-state index < -0.39 is 10.0 Å². The number of anilines is 1. The molecule has 1 aliphatic rings. The summed E-state index contributed by atoms with van der Waals surface area (Å²) in [4.78, 5) is 4.19. The molecule has 0 aromatic carbocycles. The van der Waals surface area contributed by atoms with Crippen LogP contribution in [-0.4, -0.2) is 49.1 Å². The molecule has 1 heterocycles. The molecule has 2 rings (SSSR count). The predicted molar refractivity (Wildman–Crippen MR) is 75.5 cm³/mol. The summed E-state index contributed by atoms with van der Waals surface area (Å²) in [6.07, 6.45) is 3.23. The third-order valence-corrected chi connectivity index (χ3v) is 5.32. The Labute approximate surface area is 121 Å². The molecule has 0 amide bonds. The Kier molecular flexibility index (Phi) is 4.44. The Morgan fingerprint density at radius 3 is 2.79 bits per heavy atom. The number of hydrogen-bond acceptors (Lipinski definition) is 5. The van der Waals surface area contributed by atoms with Crippen LogP contribution in [0.5, 0.6) is 0 Å². The summed E-state index contributed by atoms with van der Waals surface area (Å²) >= 11 is 3.24. The molecule has 2 N–H and O–H groups in total. The second kappa shape index (κ2) is 5.74. The van der Waals surface area contributed by atoms with Gasteiger partial charge in [-0.25, -0.2) is 13.4 Å². The van der Waals surface area contributed by atoms with Crippen LogP contribution in [-0.2, 0) is 10.0 Å². The topological polar surface area (TPSA) is 82.5 Å². The van der Waals surface area contributed by atoms with E-state index in [4.69, 9.17) is 5.11 Å². The molecule has 0 unspecified atom stereocenters. The summed E-state index contributed by atoms with van der Waals surface area (Å²) < 4.78 is 27.3. The van der Waals surface area contributed by atoms with Crippen LogP contribution in [0.3, 0.4) is 0 Å². The van der Waals surface area contributed by atoms with Gasteiger partial charge in [0.2, 0.25) is 10.0 Å². The summed E-state index contributed by atoms with van der Waals surface area (Å²) in [5, 5.41) is 11.8. The second-order valence-corrected chi connectivity index (χ2v) is 7.10. The van der Waals surface area contributed by atoms with E-state index in [0.29, 0.717) is 10.3 Å². The van der Waals surface area contributed by atoms with Gasteiger partial charge in [0.1, 0.15) is 10.7 Å². The van der Waals surface area contributed by atoms with Crippen molar-refractivity contribution in [1.29, 1.82) is 0 Å². The summed E-state index contributed by atoms with van der Waals surface area (Å²) in [7, 11) is -2.02. The highest BCUT2D eigenvalue weighted by Gasteiger charge is 2.38. The number of pyridine rings is 1. The maximum atomic E-state index is 12.6. The zero-order chi connectivity index (χ0) is 14.0. The standard InChI is InChI=1S/C11H16BrN3O3S/c1-13-11-10(6-8(12)7-14-11)19(17,18)15(4-5-16)9-2-3-9/h6-7,9,16H,2-5H2,1H3,(H,13,14). The highest BCUT2D eigenvalue weighted by Crippen LogP contribution is 2.34. The van der Waals surface area contributed by atoms with Crippen LogP contribution >= 0.6 is 15.9 Å². The van der Waals surface area contributed by atoms with E-state index in [1.165, 1.54) is 10.4 Å². The largest absolute Gasteiger partial charge is 0.395 e.